The molecule has 0 spiro atoms. The molecule has 0 radical (unpaired) electrons. The minimum atomic E-state index is -3.64. The van der Waals surface area contributed by atoms with Gasteiger partial charge in [-0.25, -0.2) is 17.2 Å². The lowest BCUT2D eigenvalue weighted by atomic mass is 10.0. The van der Waals surface area contributed by atoms with E-state index in [4.69, 9.17) is 0 Å². The Morgan fingerprint density at radius 2 is 1.78 bits per heavy atom. The summed E-state index contributed by atoms with van der Waals surface area (Å²) in [7, 11) is -3.64. The first kappa shape index (κ1) is 17.6. The van der Waals surface area contributed by atoms with E-state index in [1.54, 1.807) is 0 Å². The van der Waals surface area contributed by atoms with Crippen LogP contribution in [0.15, 0.2) is 40.9 Å². The standard InChI is InChI=1S/C15H12BrF2NO3S/c1-2-23(21,22)19-14-8-12(16)11(7-13(14)18)15(20)9-3-5-10(17)6-4-9/h3-8,19H,2H2,1H3. The summed E-state index contributed by atoms with van der Waals surface area (Å²) < 4.78 is 52.3. The molecule has 2 aromatic carbocycles. The van der Waals surface area contributed by atoms with Gasteiger partial charge in [-0.3, -0.25) is 9.52 Å². The number of nitrogens with one attached hydrogen (secondary N) is 1. The van der Waals surface area contributed by atoms with Gasteiger partial charge in [0, 0.05) is 15.6 Å². The summed E-state index contributed by atoms with van der Waals surface area (Å²) in [5.74, 6) is -2.09. The Kier molecular flexibility index (Phi) is 5.16. The van der Waals surface area contributed by atoms with Crippen LogP contribution in [0.2, 0.25) is 0 Å². The van der Waals surface area contributed by atoms with Crippen molar-refractivity contribution in [3.05, 3.63) is 63.6 Å². The molecule has 0 fully saturated rings. The number of hydrogen-bond acceptors (Lipinski definition) is 3. The van der Waals surface area contributed by atoms with Crippen molar-refractivity contribution >= 4 is 37.4 Å². The van der Waals surface area contributed by atoms with E-state index in [9.17, 15) is 22.0 Å². The highest BCUT2D eigenvalue weighted by Crippen LogP contribution is 2.27. The summed E-state index contributed by atoms with van der Waals surface area (Å²) in [4.78, 5) is 12.3. The monoisotopic (exact) mass is 403 g/mol. The van der Waals surface area contributed by atoms with E-state index >= 15 is 0 Å². The SMILES string of the molecule is CCS(=O)(=O)Nc1cc(Br)c(C(=O)c2ccc(F)cc2)cc1F. The molecule has 0 atom stereocenters. The molecule has 0 unspecified atom stereocenters. The third-order valence-electron chi connectivity index (χ3n) is 3.05. The fourth-order valence-electron chi connectivity index (χ4n) is 1.80. The predicted octanol–water partition coefficient (Wildman–Crippen LogP) is 3.72. The maximum absolute atomic E-state index is 14.1. The van der Waals surface area contributed by atoms with Gasteiger partial charge in [-0.15, -0.1) is 0 Å². The number of hydrogen-bond donors (Lipinski definition) is 1. The summed E-state index contributed by atoms with van der Waals surface area (Å²) >= 11 is 3.13. The van der Waals surface area contributed by atoms with Crippen LogP contribution >= 0.6 is 15.9 Å². The molecule has 0 aromatic heterocycles. The smallest absolute Gasteiger partial charge is 0.232 e. The number of carbonyl (C=O) groups excluding carboxylic acids is 1. The van der Waals surface area contributed by atoms with E-state index in [0.717, 1.165) is 18.2 Å². The molecule has 0 amide bonds. The van der Waals surface area contributed by atoms with Crippen molar-refractivity contribution in [1.29, 1.82) is 0 Å². The van der Waals surface area contributed by atoms with Crippen LogP contribution in [0.4, 0.5) is 14.5 Å². The van der Waals surface area contributed by atoms with Gasteiger partial charge in [-0.05, 0) is 59.3 Å². The van der Waals surface area contributed by atoms with Gasteiger partial charge < -0.3 is 0 Å². The molecule has 0 aliphatic rings. The van der Waals surface area contributed by atoms with Crippen LogP contribution in [0.25, 0.3) is 0 Å². The molecule has 122 valence electrons. The van der Waals surface area contributed by atoms with Crippen LogP contribution in [0.3, 0.4) is 0 Å². The Labute approximate surface area is 140 Å². The summed E-state index contributed by atoms with van der Waals surface area (Å²) in [6.07, 6.45) is 0. The topological polar surface area (TPSA) is 63.2 Å². The first-order chi connectivity index (χ1) is 10.7. The van der Waals surface area contributed by atoms with Crippen molar-refractivity contribution in [3.63, 3.8) is 0 Å². The lowest BCUT2D eigenvalue weighted by Crippen LogP contribution is -2.16. The number of sulfonamides is 1. The molecule has 2 rings (SSSR count). The van der Waals surface area contributed by atoms with Gasteiger partial charge in [-0.2, -0.15) is 0 Å². The average molecular weight is 404 g/mol. The van der Waals surface area contributed by atoms with Gasteiger partial charge in [0.25, 0.3) is 0 Å². The number of rotatable bonds is 5. The zero-order chi connectivity index (χ0) is 17.2. The van der Waals surface area contributed by atoms with Crippen molar-refractivity contribution in [2.24, 2.45) is 0 Å². The molecule has 2 aromatic rings. The lowest BCUT2D eigenvalue weighted by Gasteiger charge is -2.10. The van der Waals surface area contributed by atoms with Gasteiger partial charge in [0.2, 0.25) is 10.0 Å². The fourth-order valence-corrected chi connectivity index (χ4v) is 2.95. The number of anilines is 1. The number of ketones is 1. The van der Waals surface area contributed by atoms with E-state index in [2.05, 4.69) is 20.7 Å². The van der Waals surface area contributed by atoms with E-state index in [-0.39, 0.29) is 27.0 Å². The number of halogens is 3. The van der Waals surface area contributed by atoms with Crippen LogP contribution in [0, 0.1) is 11.6 Å². The highest BCUT2D eigenvalue weighted by atomic mass is 79.9. The molecule has 0 bridgehead atoms. The molecule has 0 aliphatic carbocycles. The molecule has 0 heterocycles. The van der Waals surface area contributed by atoms with Crippen LogP contribution in [0.5, 0.6) is 0 Å². The van der Waals surface area contributed by atoms with Crippen LogP contribution < -0.4 is 4.72 Å². The van der Waals surface area contributed by atoms with Crippen LogP contribution in [0.1, 0.15) is 22.8 Å². The Bertz CT molecular complexity index is 852. The quantitative estimate of drug-likeness (QED) is 0.773. The average Bonchev–Trinajstić information content (AvgIpc) is 2.50. The molecule has 4 nitrogen and oxygen atoms in total. The normalized spacial score (nSPS) is 11.3. The summed E-state index contributed by atoms with van der Waals surface area (Å²) in [5.41, 5.74) is -0.0590. The van der Waals surface area contributed by atoms with Crippen molar-refractivity contribution in [2.75, 3.05) is 10.5 Å². The molecule has 0 saturated heterocycles. The van der Waals surface area contributed by atoms with Gasteiger partial charge >= 0.3 is 0 Å². The molecular weight excluding hydrogens is 392 g/mol. The van der Waals surface area contributed by atoms with Gasteiger partial charge in [-0.1, -0.05) is 0 Å². The third kappa shape index (κ3) is 4.14. The van der Waals surface area contributed by atoms with Crippen molar-refractivity contribution in [3.8, 4) is 0 Å². The van der Waals surface area contributed by atoms with E-state index in [1.807, 2.05) is 0 Å². The summed E-state index contributed by atoms with van der Waals surface area (Å²) in [6.45, 7) is 1.42. The van der Waals surface area contributed by atoms with E-state index < -0.39 is 27.4 Å². The maximum Gasteiger partial charge on any atom is 0.232 e. The number of carbonyl (C=O) groups is 1. The van der Waals surface area contributed by atoms with Crippen molar-refractivity contribution < 1.29 is 22.0 Å². The van der Waals surface area contributed by atoms with Gasteiger partial charge in [0.15, 0.2) is 5.78 Å². The second-order valence-corrected chi connectivity index (χ2v) is 7.52. The third-order valence-corrected chi connectivity index (χ3v) is 5.00. The second-order valence-electron chi connectivity index (χ2n) is 4.65. The van der Waals surface area contributed by atoms with Crippen molar-refractivity contribution in [1.82, 2.24) is 0 Å². The summed E-state index contributed by atoms with van der Waals surface area (Å²) in [6, 6.07) is 6.94. The Balaban J connectivity index is 2.40. The van der Waals surface area contributed by atoms with E-state index in [1.165, 1.54) is 25.1 Å². The molecule has 8 heteroatoms. The zero-order valence-corrected chi connectivity index (χ0v) is 14.3. The van der Waals surface area contributed by atoms with Crippen LogP contribution in [-0.2, 0) is 10.0 Å². The molecule has 0 aliphatic heterocycles. The zero-order valence-electron chi connectivity index (χ0n) is 11.9. The minimum Gasteiger partial charge on any atom is -0.289 e. The Morgan fingerprint density at radius 1 is 1.17 bits per heavy atom. The van der Waals surface area contributed by atoms with Crippen LogP contribution in [-0.4, -0.2) is 20.0 Å². The molecule has 1 N–H and O–H groups in total. The lowest BCUT2D eigenvalue weighted by molar-refractivity contribution is 0.103. The fraction of sp³-hybridized carbons (Fsp3) is 0.133. The van der Waals surface area contributed by atoms with E-state index in [0.29, 0.717) is 0 Å². The predicted molar refractivity (Wildman–Crippen MR) is 87.0 cm³/mol. The number of benzene rings is 2. The first-order valence-corrected chi connectivity index (χ1v) is 8.98. The summed E-state index contributed by atoms with van der Waals surface area (Å²) in [5, 5.41) is 0. The van der Waals surface area contributed by atoms with Crippen molar-refractivity contribution in [2.45, 2.75) is 6.92 Å². The Hall–Kier alpha value is -1.80. The Morgan fingerprint density at radius 3 is 2.35 bits per heavy atom. The highest BCUT2D eigenvalue weighted by Gasteiger charge is 2.18. The second kappa shape index (κ2) is 6.76. The largest absolute Gasteiger partial charge is 0.289 e. The van der Waals surface area contributed by atoms with Gasteiger partial charge in [0.1, 0.15) is 11.6 Å². The minimum absolute atomic E-state index is 0.00792. The first-order valence-electron chi connectivity index (χ1n) is 6.53. The molecular formula is C15H12BrF2NO3S. The maximum atomic E-state index is 14.1. The molecule has 0 saturated carbocycles. The molecule has 23 heavy (non-hydrogen) atoms. The highest BCUT2D eigenvalue weighted by molar-refractivity contribution is 9.10. The van der Waals surface area contributed by atoms with Gasteiger partial charge in [0.05, 0.1) is 11.4 Å².